The predicted octanol–water partition coefficient (Wildman–Crippen LogP) is 3.70. The molecule has 0 saturated carbocycles. The third-order valence-electron chi connectivity index (χ3n) is 4.60. The number of benzene rings is 3. The molecule has 3 N–H and O–H groups in total. The molecular weight excluding hydrogens is 446 g/mol. The highest BCUT2D eigenvalue weighted by atomic mass is 35.5. The van der Waals surface area contributed by atoms with Crippen molar-refractivity contribution < 1.29 is 24.2 Å². The van der Waals surface area contributed by atoms with Gasteiger partial charge in [0.1, 0.15) is 11.4 Å². The number of rotatable bonds is 6. The van der Waals surface area contributed by atoms with Gasteiger partial charge in [0.2, 0.25) is 6.79 Å². The molecule has 8 nitrogen and oxygen atoms in total. The van der Waals surface area contributed by atoms with Gasteiger partial charge in [-0.15, -0.1) is 0 Å². The summed E-state index contributed by atoms with van der Waals surface area (Å²) in [5, 5.41) is 16.8. The fourth-order valence-corrected chi connectivity index (χ4v) is 3.14. The Morgan fingerprint density at radius 1 is 1.00 bits per heavy atom. The number of amides is 2. The van der Waals surface area contributed by atoms with Crippen molar-refractivity contribution in [1.82, 2.24) is 10.7 Å². The molecule has 3 aromatic carbocycles. The van der Waals surface area contributed by atoms with Gasteiger partial charge in [0, 0.05) is 16.1 Å². The van der Waals surface area contributed by atoms with Crippen molar-refractivity contribution in [2.75, 3.05) is 6.79 Å². The molecule has 0 radical (unpaired) electrons. The van der Waals surface area contributed by atoms with E-state index >= 15 is 0 Å². The predicted molar refractivity (Wildman–Crippen MR) is 123 cm³/mol. The van der Waals surface area contributed by atoms with Crippen molar-refractivity contribution in [3.63, 3.8) is 0 Å². The van der Waals surface area contributed by atoms with Gasteiger partial charge in [-0.05, 0) is 54.1 Å². The lowest BCUT2D eigenvalue weighted by Gasteiger charge is -2.09. The van der Waals surface area contributed by atoms with Crippen LogP contribution in [0.3, 0.4) is 0 Å². The van der Waals surface area contributed by atoms with Gasteiger partial charge in [-0.2, -0.15) is 5.10 Å². The van der Waals surface area contributed by atoms with Crippen LogP contribution in [0.5, 0.6) is 17.2 Å². The van der Waals surface area contributed by atoms with E-state index in [1.54, 1.807) is 48.5 Å². The molecule has 4 rings (SSSR count). The topological polar surface area (TPSA) is 109 Å². The number of ether oxygens (including phenoxy) is 2. The van der Waals surface area contributed by atoms with Crippen LogP contribution in [0.15, 0.2) is 77.5 Å². The molecule has 0 aromatic heterocycles. The van der Waals surface area contributed by atoms with E-state index in [9.17, 15) is 14.7 Å². The summed E-state index contributed by atoms with van der Waals surface area (Å²) in [7, 11) is 0. The zero-order valence-electron chi connectivity index (χ0n) is 17.1. The third kappa shape index (κ3) is 5.50. The molecule has 0 unspecified atom stereocenters. The highest BCUT2D eigenvalue weighted by molar-refractivity contribution is 6.30. The van der Waals surface area contributed by atoms with E-state index in [4.69, 9.17) is 21.1 Å². The van der Waals surface area contributed by atoms with Crippen LogP contribution in [-0.4, -0.2) is 29.9 Å². The lowest BCUT2D eigenvalue weighted by atomic mass is 10.1. The van der Waals surface area contributed by atoms with Crippen LogP contribution in [0, 0.1) is 0 Å². The van der Waals surface area contributed by atoms with Gasteiger partial charge < -0.3 is 19.9 Å². The number of nitrogens with one attached hydrogen (secondary N) is 2. The van der Waals surface area contributed by atoms with E-state index < -0.39 is 11.8 Å². The molecule has 1 heterocycles. The van der Waals surface area contributed by atoms with Crippen molar-refractivity contribution in [2.45, 2.75) is 0 Å². The van der Waals surface area contributed by atoms with Crippen LogP contribution in [0.1, 0.15) is 21.5 Å². The second-order valence-corrected chi connectivity index (χ2v) is 7.33. The molecule has 0 saturated heterocycles. The van der Waals surface area contributed by atoms with Crippen molar-refractivity contribution in [3.05, 3.63) is 94.1 Å². The van der Waals surface area contributed by atoms with Crippen molar-refractivity contribution in [1.29, 1.82) is 0 Å². The minimum absolute atomic E-state index is 0.0461. The Bertz CT molecular complexity index is 1260. The molecule has 166 valence electrons. The van der Waals surface area contributed by atoms with Gasteiger partial charge in [-0.25, -0.2) is 5.43 Å². The van der Waals surface area contributed by atoms with E-state index in [2.05, 4.69) is 15.8 Å². The highest BCUT2D eigenvalue weighted by Crippen LogP contribution is 2.33. The molecule has 1 aliphatic rings. The van der Waals surface area contributed by atoms with Gasteiger partial charge in [0.25, 0.3) is 11.8 Å². The van der Waals surface area contributed by atoms with Crippen LogP contribution in [-0.2, 0) is 4.79 Å². The SMILES string of the molecule is O=C(N/N=C\c1cc(Cl)ccc1O)/C(=C\c1ccc2c(c1)OCO2)NC(=O)c1ccccc1. The first-order chi connectivity index (χ1) is 16.0. The number of hydrogen-bond acceptors (Lipinski definition) is 6. The quantitative estimate of drug-likeness (QED) is 0.293. The second-order valence-electron chi connectivity index (χ2n) is 6.89. The van der Waals surface area contributed by atoms with Crippen LogP contribution < -0.4 is 20.2 Å². The molecule has 3 aromatic rings. The van der Waals surface area contributed by atoms with Crippen molar-refractivity contribution >= 4 is 35.7 Å². The van der Waals surface area contributed by atoms with Gasteiger partial charge in [0.15, 0.2) is 11.5 Å². The normalized spacial score (nSPS) is 12.6. The number of phenols is 1. The van der Waals surface area contributed by atoms with Gasteiger partial charge in [0.05, 0.1) is 6.21 Å². The number of carbonyl (C=O) groups excluding carboxylic acids is 2. The Morgan fingerprint density at radius 3 is 2.61 bits per heavy atom. The van der Waals surface area contributed by atoms with E-state index in [0.29, 0.717) is 33.2 Å². The number of halogens is 1. The molecule has 2 amide bonds. The molecule has 0 aliphatic carbocycles. The van der Waals surface area contributed by atoms with E-state index in [-0.39, 0.29) is 18.2 Å². The first-order valence-corrected chi connectivity index (χ1v) is 10.2. The number of hydrogen-bond donors (Lipinski definition) is 3. The van der Waals surface area contributed by atoms with Gasteiger partial charge in [-0.1, -0.05) is 35.9 Å². The standard InChI is InChI=1S/C24H18ClN3O5/c25-18-7-8-20(29)17(12-18)13-26-28-24(31)19(27-23(30)16-4-2-1-3-5-16)10-15-6-9-21-22(11-15)33-14-32-21/h1-13,29H,14H2,(H,27,30)(H,28,31)/b19-10+,26-13-. The molecule has 0 bridgehead atoms. The van der Waals surface area contributed by atoms with Crippen LogP contribution in [0.2, 0.25) is 5.02 Å². The minimum atomic E-state index is -0.672. The first-order valence-electron chi connectivity index (χ1n) is 9.79. The van der Waals surface area contributed by atoms with Gasteiger partial charge >= 0.3 is 0 Å². The van der Waals surface area contributed by atoms with E-state index in [0.717, 1.165) is 0 Å². The first kappa shape index (κ1) is 21.9. The fraction of sp³-hybridized carbons (Fsp3) is 0.0417. The Hall–Kier alpha value is -4.30. The lowest BCUT2D eigenvalue weighted by Crippen LogP contribution is -2.32. The van der Waals surface area contributed by atoms with Crippen LogP contribution >= 0.6 is 11.6 Å². The summed E-state index contributed by atoms with van der Waals surface area (Å²) < 4.78 is 10.7. The maximum atomic E-state index is 12.8. The Morgan fingerprint density at radius 2 is 1.79 bits per heavy atom. The summed E-state index contributed by atoms with van der Waals surface area (Å²) in [5.74, 6) is -0.0559. The smallest absolute Gasteiger partial charge is 0.287 e. The minimum Gasteiger partial charge on any atom is -0.507 e. The van der Waals surface area contributed by atoms with Crippen LogP contribution in [0.25, 0.3) is 6.08 Å². The zero-order chi connectivity index (χ0) is 23.2. The van der Waals surface area contributed by atoms with E-state index in [1.807, 2.05) is 0 Å². The maximum Gasteiger partial charge on any atom is 0.287 e. The molecule has 33 heavy (non-hydrogen) atoms. The number of nitrogens with zero attached hydrogens (tertiary/aromatic N) is 1. The Labute approximate surface area is 194 Å². The van der Waals surface area contributed by atoms with E-state index in [1.165, 1.54) is 30.5 Å². The van der Waals surface area contributed by atoms with Crippen LogP contribution in [0.4, 0.5) is 0 Å². The average Bonchev–Trinajstić information content (AvgIpc) is 3.29. The highest BCUT2D eigenvalue weighted by Gasteiger charge is 2.17. The molecule has 1 aliphatic heterocycles. The molecule has 9 heteroatoms. The monoisotopic (exact) mass is 463 g/mol. The molecule has 0 fully saturated rings. The third-order valence-corrected chi connectivity index (χ3v) is 4.83. The largest absolute Gasteiger partial charge is 0.507 e. The summed E-state index contributed by atoms with van der Waals surface area (Å²) in [5.41, 5.74) is 3.60. The molecule has 0 atom stereocenters. The number of aromatic hydroxyl groups is 1. The summed E-state index contributed by atoms with van der Waals surface area (Å²) in [6.45, 7) is 0.117. The van der Waals surface area contributed by atoms with Gasteiger partial charge in [-0.3, -0.25) is 9.59 Å². The van der Waals surface area contributed by atoms with Crippen molar-refractivity contribution in [3.8, 4) is 17.2 Å². The summed E-state index contributed by atoms with van der Waals surface area (Å²) >= 11 is 5.92. The number of carbonyl (C=O) groups is 2. The molecular formula is C24H18ClN3O5. The Kier molecular flexibility index (Phi) is 6.56. The summed E-state index contributed by atoms with van der Waals surface area (Å²) in [4.78, 5) is 25.5. The van der Waals surface area contributed by atoms with Crippen molar-refractivity contribution in [2.24, 2.45) is 5.10 Å². The maximum absolute atomic E-state index is 12.8. The number of fused-ring (bicyclic) bond motifs is 1. The number of hydrazone groups is 1. The zero-order valence-corrected chi connectivity index (χ0v) is 17.9. The Balaban J connectivity index is 1.57. The number of phenolic OH excluding ortho intramolecular Hbond substituents is 1. The summed E-state index contributed by atoms with van der Waals surface area (Å²) in [6, 6.07) is 18.0. The average molecular weight is 464 g/mol. The fourth-order valence-electron chi connectivity index (χ4n) is 2.96. The summed E-state index contributed by atoms with van der Waals surface area (Å²) in [6.07, 6.45) is 2.74. The lowest BCUT2D eigenvalue weighted by molar-refractivity contribution is -0.117. The second kappa shape index (κ2) is 9.88. The molecule has 0 spiro atoms.